The first-order valence-electron chi connectivity index (χ1n) is 6.35. The second-order valence-corrected chi connectivity index (χ2v) is 5.62. The van der Waals surface area contributed by atoms with Crippen LogP contribution in [0.2, 0.25) is 0 Å². The predicted molar refractivity (Wildman–Crippen MR) is 72.9 cm³/mol. The van der Waals surface area contributed by atoms with E-state index in [2.05, 4.69) is 12.2 Å². The van der Waals surface area contributed by atoms with Gasteiger partial charge in [-0.1, -0.05) is 13.3 Å². The fraction of sp³-hybridized carbons (Fsp3) is 0.833. The molecule has 1 heterocycles. The fourth-order valence-corrected chi connectivity index (χ4v) is 2.56. The Morgan fingerprint density at radius 3 is 2.78 bits per heavy atom. The Hall–Kier alpha value is -0.910. The lowest BCUT2D eigenvalue weighted by molar-refractivity contribution is -0.139. The van der Waals surface area contributed by atoms with E-state index in [4.69, 9.17) is 5.11 Å². The highest BCUT2D eigenvalue weighted by Crippen LogP contribution is 2.19. The van der Waals surface area contributed by atoms with E-state index in [0.717, 1.165) is 31.7 Å². The molecule has 0 aromatic rings. The average molecular weight is 274 g/mol. The van der Waals surface area contributed by atoms with Crippen LogP contribution in [0.1, 0.15) is 26.2 Å². The van der Waals surface area contributed by atoms with Crippen LogP contribution < -0.4 is 5.32 Å². The van der Waals surface area contributed by atoms with Gasteiger partial charge in [-0.25, -0.2) is 9.59 Å². The Balaban J connectivity index is 2.43. The third-order valence-corrected chi connectivity index (χ3v) is 4.00. The van der Waals surface area contributed by atoms with E-state index in [-0.39, 0.29) is 6.03 Å². The van der Waals surface area contributed by atoms with Gasteiger partial charge in [0, 0.05) is 13.1 Å². The predicted octanol–water partition coefficient (Wildman–Crippen LogP) is 1.63. The zero-order valence-electron chi connectivity index (χ0n) is 11.0. The number of thioether (sulfide) groups is 1. The highest BCUT2D eigenvalue weighted by Gasteiger charge is 2.28. The number of carboxylic acids is 1. The summed E-state index contributed by atoms with van der Waals surface area (Å²) in [5, 5.41) is 11.7. The van der Waals surface area contributed by atoms with Gasteiger partial charge < -0.3 is 15.3 Å². The average Bonchev–Trinajstić information content (AvgIpc) is 2.82. The summed E-state index contributed by atoms with van der Waals surface area (Å²) in [5.74, 6) is 0.336. The lowest BCUT2D eigenvalue weighted by Gasteiger charge is -2.20. The molecule has 0 aliphatic carbocycles. The van der Waals surface area contributed by atoms with E-state index >= 15 is 0 Å². The van der Waals surface area contributed by atoms with Crippen LogP contribution in [0.5, 0.6) is 0 Å². The molecule has 104 valence electrons. The number of aliphatic carboxylic acids is 1. The van der Waals surface area contributed by atoms with Gasteiger partial charge in [0.1, 0.15) is 6.04 Å². The van der Waals surface area contributed by atoms with Gasteiger partial charge in [-0.3, -0.25) is 0 Å². The molecule has 5 nitrogen and oxygen atoms in total. The van der Waals surface area contributed by atoms with E-state index < -0.39 is 12.0 Å². The summed E-state index contributed by atoms with van der Waals surface area (Å²) in [6, 6.07) is -1.01. The minimum atomic E-state index is -0.955. The molecule has 0 radical (unpaired) electrons. The zero-order valence-corrected chi connectivity index (χ0v) is 11.8. The molecule has 0 saturated carbocycles. The van der Waals surface area contributed by atoms with Crippen molar-refractivity contribution >= 4 is 23.8 Å². The standard InChI is InChI=1S/C12H22N2O3S/c1-3-9-4-6-14(8-9)12(17)13-10(11(15)16)5-7-18-2/h9-10H,3-8H2,1-2H3,(H,13,17)(H,15,16). The monoisotopic (exact) mass is 274 g/mol. The summed E-state index contributed by atoms with van der Waals surface area (Å²) in [6.45, 7) is 3.60. The van der Waals surface area contributed by atoms with Gasteiger partial charge in [-0.05, 0) is 30.8 Å². The third kappa shape index (κ3) is 4.40. The first-order valence-corrected chi connectivity index (χ1v) is 7.75. The molecular weight excluding hydrogens is 252 g/mol. The zero-order chi connectivity index (χ0) is 13.5. The van der Waals surface area contributed by atoms with Crippen molar-refractivity contribution in [3.8, 4) is 0 Å². The second kappa shape index (κ2) is 7.51. The number of nitrogens with zero attached hydrogens (tertiary/aromatic N) is 1. The van der Waals surface area contributed by atoms with Crippen molar-refractivity contribution < 1.29 is 14.7 Å². The van der Waals surface area contributed by atoms with Crippen molar-refractivity contribution in [2.45, 2.75) is 32.2 Å². The van der Waals surface area contributed by atoms with Crippen molar-refractivity contribution in [1.29, 1.82) is 0 Å². The molecule has 6 heteroatoms. The molecule has 18 heavy (non-hydrogen) atoms. The molecule has 0 bridgehead atoms. The summed E-state index contributed by atoms with van der Waals surface area (Å²) in [4.78, 5) is 24.7. The van der Waals surface area contributed by atoms with Crippen LogP contribution in [0, 0.1) is 5.92 Å². The van der Waals surface area contributed by atoms with Crippen molar-refractivity contribution in [3.05, 3.63) is 0 Å². The largest absolute Gasteiger partial charge is 0.480 e. The number of carboxylic acid groups (broad SMARTS) is 1. The van der Waals surface area contributed by atoms with Gasteiger partial charge in [-0.2, -0.15) is 11.8 Å². The molecule has 2 N–H and O–H groups in total. The molecule has 0 aromatic heterocycles. The normalized spacial score (nSPS) is 20.8. The van der Waals surface area contributed by atoms with Crippen LogP contribution in [0.25, 0.3) is 0 Å². The van der Waals surface area contributed by atoms with E-state index in [1.165, 1.54) is 0 Å². The lowest BCUT2D eigenvalue weighted by atomic mass is 10.1. The topological polar surface area (TPSA) is 69.6 Å². The van der Waals surface area contributed by atoms with Crippen molar-refractivity contribution in [2.24, 2.45) is 5.92 Å². The van der Waals surface area contributed by atoms with Crippen molar-refractivity contribution in [2.75, 3.05) is 25.1 Å². The first-order chi connectivity index (χ1) is 8.58. The Morgan fingerprint density at radius 1 is 1.56 bits per heavy atom. The maximum absolute atomic E-state index is 11.9. The molecule has 1 rings (SSSR count). The lowest BCUT2D eigenvalue weighted by Crippen LogP contribution is -2.47. The Labute approximate surface area is 112 Å². The van der Waals surface area contributed by atoms with Crippen LogP contribution >= 0.6 is 11.8 Å². The maximum atomic E-state index is 11.9. The van der Waals surface area contributed by atoms with Crippen LogP contribution in [0.3, 0.4) is 0 Å². The second-order valence-electron chi connectivity index (χ2n) is 4.63. The van der Waals surface area contributed by atoms with Crippen LogP contribution in [-0.4, -0.2) is 53.1 Å². The molecule has 2 atom stereocenters. The van der Waals surface area contributed by atoms with E-state index in [1.54, 1.807) is 16.7 Å². The van der Waals surface area contributed by atoms with Gasteiger partial charge in [0.15, 0.2) is 0 Å². The number of carbonyl (C=O) groups excluding carboxylic acids is 1. The van der Waals surface area contributed by atoms with Gasteiger partial charge in [0.2, 0.25) is 0 Å². The number of hydrogen-bond donors (Lipinski definition) is 2. The van der Waals surface area contributed by atoms with Gasteiger partial charge in [0.05, 0.1) is 0 Å². The fourth-order valence-electron chi connectivity index (χ4n) is 2.08. The highest BCUT2D eigenvalue weighted by atomic mass is 32.2. The molecule has 0 spiro atoms. The number of nitrogens with one attached hydrogen (secondary N) is 1. The van der Waals surface area contributed by atoms with Crippen LogP contribution in [0.15, 0.2) is 0 Å². The minimum absolute atomic E-state index is 0.237. The highest BCUT2D eigenvalue weighted by molar-refractivity contribution is 7.98. The van der Waals surface area contributed by atoms with Crippen LogP contribution in [-0.2, 0) is 4.79 Å². The number of rotatable bonds is 6. The van der Waals surface area contributed by atoms with Gasteiger partial charge >= 0.3 is 12.0 Å². The molecule has 1 aliphatic heterocycles. The number of urea groups is 1. The molecule has 1 saturated heterocycles. The minimum Gasteiger partial charge on any atom is -0.480 e. The molecular formula is C12H22N2O3S. The smallest absolute Gasteiger partial charge is 0.326 e. The maximum Gasteiger partial charge on any atom is 0.326 e. The summed E-state index contributed by atoms with van der Waals surface area (Å²) < 4.78 is 0. The van der Waals surface area contributed by atoms with Crippen molar-refractivity contribution in [1.82, 2.24) is 10.2 Å². The first kappa shape index (κ1) is 15.1. The molecule has 0 aromatic carbocycles. The number of likely N-dealkylation sites (tertiary alicyclic amines) is 1. The van der Waals surface area contributed by atoms with E-state index in [9.17, 15) is 9.59 Å². The number of hydrogen-bond acceptors (Lipinski definition) is 3. The van der Waals surface area contributed by atoms with Gasteiger partial charge in [0.25, 0.3) is 0 Å². The molecule has 2 amide bonds. The van der Waals surface area contributed by atoms with E-state index in [0.29, 0.717) is 12.3 Å². The van der Waals surface area contributed by atoms with Crippen molar-refractivity contribution in [3.63, 3.8) is 0 Å². The van der Waals surface area contributed by atoms with Gasteiger partial charge in [-0.15, -0.1) is 0 Å². The number of carbonyl (C=O) groups is 2. The molecule has 1 aliphatic rings. The summed E-state index contributed by atoms with van der Waals surface area (Å²) in [6.07, 6.45) is 4.48. The Bertz CT molecular complexity index is 299. The quantitative estimate of drug-likeness (QED) is 0.772. The number of amides is 2. The molecule has 2 unspecified atom stereocenters. The summed E-state index contributed by atoms with van der Waals surface area (Å²) >= 11 is 1.58. The molecule has 1 fully saturated rings. The van der Waals surface area contributed by atoms with E-state index in [1.807, 2.05) is 6.26 Å². The van der Waals surface area contributed by atoms with Crippen LogP contribution in [0.4, 0.5) is 4.79 Å². The Morgan fingerprint density at radius 2 is 2.28 bits per heavy atom. The SMILES string of the molecule is CCC1CCN(C(=O)NC(CCSC)C(=O)O)C1. The summed E-state index contributed by atoms with van der Waals surface area (Å²) in [5.41, 5.74) is 0. The third-order valence-electron chi connectivity index (χ3n) is 3.36. The summed E-state index contributed by atoms with van der Waals surface area (Å²) in [7, 11) is 0. The Kier molecular flexibility index (Phi) is 6.32.